The summed E-state index contributed by atoms with van der Waals surface area (Å²) in [5.41, 5.74) is -0.484. The fraction of sp³-hybridized carbons (Fsp3) is 0.312. The molecule has 0 aliphatic carbocycles. The number of para-hydroxylation sites is 1. The van der Waals surface area contributed by atoms with E-state index in [0.29, 0.717) is 18.3 Å². The molecule has 0 amide bonds. The van der Waals surface area contributed by atoms with E-state index in [1.165, 1.54) is 11.9 Å². The van der Waals surface area contributed by atoms with E-state index in [4.69, 9.17) is 10.8 Å². The molecular formula is C16H14F5N5. The van der Waals surface area contributed by atoms with Crippen LogP contribution in [0.4, 0.5) is 27.6 Å². The van der Waals surface area contributed by atoms with E-state index in [1.807, 2.05) is 24.3 Å². The highest BCUT2D eigenvalue weighted by molar-refractivity contribution is 6.18. The molecule has 26 heavy (non-hydrogen) atoms. The molecule has 138 valence electrons. The molecule has 5 nitrogen and oxygen atoms in total. The van der Waals surface area contributed by atoms with Crippen LogP contribution in [0.1, 0.15) is 5.56 Å². The number of hydrogen-bond donors (Lipinski definition) is 3. The van der Waals surface area contributed by atoms with E-state index in [2.05, 4.69) is 10.3 Å². The summed E-state index contributed by atoms with van der Waals surface area (Å²) in [4.78, 5) is 5.33. The second-order valence-electron chi connectivity index (χ2n) is 5.95. The quantitative estimate of drug-likeness (QED) is 0.562. The number of likely N-dealkylation sites (N-methyl/N-ethyl adjacent to an activating group) is 1. The predicted octanol–water partition coefficient (Wildman–Crippen LogP) is 3.45. The predicted molar refractivity (Wildman–Crippen MR) is 87.3 cm³/mol. The largest absolute Gasteiger partial charge is 0.459 e. The molecule has 2 aliphatic heterocycles. The molecule has 0 bridgehead atoms. The van der Waals surface area contributed by atoms with E-state index in [1.54, 1.807) is 0 Å². The molecule has 1 atom stereocenters. The van der Waals surface area contributed by atoms with Gasteiger partial charge in [-0.05, 0) is 17.7 Å². The van der Waals surface area contributed by atoms with Gasteiger partial charge in [-0.3, -0.25) is 10.8 Å². The minimum Gasteiger partial charge on any atom is -0.375 e. The molecule has 0 fully saturated rings. The first-order valence-electron chi connectivity index (χ1n) is 7.53. The lowest BCUT2D eigenvalue weighted by Crippen LogP contribution is -2.43. The maximum absolute atomic E-state index is 13.2. The number of alkyl halides is 5. The van der Waals surface area contributed by atoms with Crippen molar-refractivity contribution in [3.63, 3.8) is 0 Å². The Hall–Kier alpha value is -2.78. The van der Waals surface area contributed by atoms with Gasteiger partial charge < -0.3 is 10.2 Å². The molecule has 0 saturated carbocycles. The standard InChI is InChI=1S/C16H14F5N5/c1-26-13(23)10(7-12(22)15(17,18)16(19,20)21)25-14(26)11-6-8-4-2-3-5-9(8)24-11/h2-5,7,11,22-24H,6H2,1H3/b10-7+,22-12?,23-13?. The molecule has 2 aliphatic rings. The van der Waals surface area contributed by atoms with Crippen molar-refractivity contribution in [2.45, 2.75) is 24.6 Å². The number of fused-ring (bicyclic) bond motifs is 1. The van der Waals surface area contributed by atoms with E-state index in [-0.39, 0.29) is 11.9 Å². The lowest BCUT2D eigenvalue weighted by Gasteiger charge is -2.19. The fourth-order valence-corrected chi connectivity index (χ4v) is 2.78. The van der Waals surface area contributed by atoms with Gasteiger partial charge in [0.2, 0.25) is 0 Å². The Morgan fingerprint density at radius 3 is 2.54 bits per heavy atom. The van der Waals surface area contributed by atoms with Crippen molar-refractivity contribution in [2.24, 2.45) is 4.99 Å². The number of hydrogen-bond acceptors (Lipinski definition) is 4. The van der Waals surface area contributed by atoms with Crippen molar-refractivity contribution >= 4 is 23.1 Å². The summed E-state index contributed by atoms with van der Waals surface area (Å²) < 4.78 is 63.6. The smallest absolute Gasteiger partial charge is 0.375 e. The second-order valence-corrected chi connectivity index (χ2v) is 5.95. The van der Waals surface area contributed by atoms with E-state index in [0.717, 1.165) is 11.3 Å². The van der Waals surface area contributed by atoms with Gasteiger partial charge in [0.1, 0.15) is 17.2 Å². The Kier molecular flexibility index (Phi) is 4.08. The molecule has 0 saturated heterocycles. The van der Waals surface area contributed by atoms with Crippen LogP contribution >= 0.6 is 0 Å². The lowest BCUT2D eigenvalue weighted by atomic mass is 10.1. The summed E-state index contributed by atoms with van der Waals surface area (Å²) >= 11 is 0. The van der Waals surface area contributed by atoms with E-state index >= 15 is 0 Å². The fourth-order valence-electron chi connectivity index (χ4n) is 2.78. The van der Waals surface area contributed by atoms with Gasteiger partial charge >= 0.3 is 12.1 Å². The molecule has 1 unspecified atom stereocenters. The molecule has 0 aromatic heterocycles. The van der Waals surface area contributed by atoms with E-state index in [9.17, 15) is 22.0 Å². The van der Waals surface area contributed by atoms with Crippen molar-refractivity contribution in [2.75, 3.05) is 12.4 Å². The Labute approximate surface area is 145 Å². The molecule has 0 radical (unpaired) electrons. The van der Waals surface area contributed by atoms with Gasteiger partial charge in [-0.15, -0.1) is 0 Å². The van der Waals surface area contributed by atoms with Gasteiger partial charge in [0.15, 0.2) is 5.84 Å². The number of nitrogens with zero attached hydrogens (tertiary/aromatic N) is 2. The SMILES string of the molecule is CN1C(=N)/C(=C\C(=N)C(F)(F)C(F)(F)F)N=C1C1Cc2ccccc2N1. The molecule has 1 aromatic carbocycles. The molecule has 0 spiro atoms. The number of amidine groups is 2. The van der Waals surface area contributed by atoms with Crippen molar-refractivity contribution in [3.8, 4) is 0 Å². The van der Waals surface area contributed by atoms with Gasteiger partial charge in [0.25, 0.3) is 0 Å². The minimum atomic E-state index is -5.88. The zero-order valence-electron chi connectivity index (χ0n) is 13.5. The zero-order valence-corrected chi connectivity index (χ0v) is 13.5. The molecule has 2 heterocycles. The Morgan fingerprint density at radius 2 is 1.92 bits per heavy atom. The van der Waals surface area contributed by atoms with Gasteiger partial charge in [-0.1, -0.05) is 18.2 Å². The lowest BCUT2D eigenvalue weighted by molar-refractivity contribution is -0.249. The normalized spacial score (nSPS) is 21.7. The minimum absolute atomic E-state index is 0.293. The second kappa shape index (κ2) is 5.89. The summed E-state index contributed by atoms with van der Waals surface area (Å²) in [6.07, 6.45) is -5.05. The Morgan fingerprint density at radius 1 is 1.27 bits per heavy atom. The third-order valence-electron chi connectivity index (χ3n) is 4.21. The maximum atomic E-state index is 13.2. The third-order valence-corrected chi connectivity index (χ3v) is 4.21. The summed E-state index contributed by atoms with van der Waals surface area (Å²) in [6.45, 7) is 0. The van der Waals surface area contributed by atoms with Crippen LogP contribution in [0.15, 0.2) is 41.0 Å². The van der Waals surface area contributed by atoms with Crippen LogP contribution in [0, 0.1) is 10.8 Å². The van der Waals surface area contributed by atoms with Crippen LogP contribution in [0.5, 0.6) is 0 Å². The van der Waals surface area contributed by atoms with E-state index < -0.39 is 23.5 Å². The number of rotatable bonds is 3. The van der Waals surface area contributed by atoms with Gasteiger partial charge in [0, 0.05) is 19.2 Å². The van der Waals surface area contributed by atoms with Crippen molar-refractivity contribution in [3.05, 3.63) is 41.6 Å². The zero-order chi connectivity index (χ0) is 19.3. The average Bonchev–Trinajstić information content (AvgIpc) is 3.10. The summed E-state index contributed by atoms with van der Waals surface area (Å²) in [5.74, 6) is -5.33. The number of benzene rings is 1. The summed E-state index contributed by atoms with van der Waals surface area (Å²) in [7, 11) is 1.47. The number of aliphatic imine (C=N–C) groups is 1. The van der Waals surface area contributed by atoms with Gasteiger partial charge in [-0.25, -0.2) is 4.99 Å². The number of allylic oxidation sites excluding steroid dienone is 1. The molecule has 1 aromatic rings. The van der Waals surface area contributed by atoms with Crippen LogP contribution in [0.2, 0.25) is 0 Å². The van der Waals surface area contributed by atoms with Gasteiger partial charge in [-0.2, -0.15) is 22.0 Å². The monoisotopic (exact) mass is 371 g/mol. The summed E-state index contributed by atoms with van der Waals surface area (Å²) in [6, 6.07) is 7.10. The molecular weight excluding hydrogens is 357 g/mol. The van der Waals surface area contributed by atoms with Crippen LogP contribution < -0.4 is 5.32 Å². The number of halogens is 5. The highest BCUT2D eigenvalue weighted by Crippen LogP contribution is 2.37. The van der Waals surface area contributed by atoms with Crippen LogP contribution in [-0.2, 0) is 6.42 Å². The highest BCUT2D eigenvalue weighted by Gasteiger charge is 2.60. The van der Waals surface area contributed by atoms with Crippen LogP contribution in [0.25, 0.3) is 0 Å². The summed E-state index contributed by atoms with van der Waals surface area (Å²) in [5, 5.41) is 18.2. The van der Waals surface area contributed by atoms with Crippen molar-refractivity contribution < 1.29 is 22.0 Å². The maximum Gasteiger partial charge on any atom is 0.459 e. The first-order valence-corrected chi connectivity index (χ1v) is 7.53. The van der Waals surface area contributed by atoms with Crippen LogP contribution in [0.3, 0.4) is 0 Å². The first-order chi connectivity index (χ1) is 12.0. The Balaban J connectivity index is 1.87. The molecule has 3 rings (SSSR count). The number of nitrogens with one attached hydrogen (secondary N) is 3. The van der Waals surface area contributed by atoms with Crippen molar-refractivity contribution in [1.82, 2.24) is 4.90 Å². The topological polar surface area (TPSA) is 75.3 Å². The third kappa shape index (κ3) is 2.85. The number of anilines is 1. The average molecular weight is 371 g/mol. The highest BCUT2D eigenvalue weighted by atomic mass is 19.4. The molecule has 10 heteroatoms. The molecule has 3 N–H and O–H groups in total. The van der Waals surface area contributed by atoms with Gasteiger partial charge in [0.05, 0.1) is 6.04 Å². The Bertz CT molecular complexity index is 815. The van der Waals surface area contributed by atoms with Crippen molar-refractivity contribution in [1.29, 1.82) is 10.8 Å². The van der Waals surface area contributed by atoms with Crippen LogP contribution in [-0.4, -0.2) is 47.5 Å². The first kappa shape index (κ1) is 18.0.